The highest BCUT2D eigenvalue weighted by molar-refractivity contribution is 6.32. The van der Waals surface area contributed by atoms with Crippen molar-refractivity contribution in [2.45, 2.75) is 43.7 Å². The Morgan fingerprint density at radius 3 is 3.05 bits per heavy atom. The van der Waals surface area contributed by atoms with Crippen LogP contribution in [0.5, 0.6) is 6.01 Å². The molecule has 1 aromatic heterocycles. The molecular weight excluding hydrogens is 264 g/mol. The van der Waals surface area contributed by atoms with E-state index in [4.69, 9.17) is 16.3 Å². The Balaban J connectivity index is 1.70. The van der Waals surface area contributed by atoms with Crippen LogP contribution in [0.4, 0.5) is 5.82 Å². The Kier molecular flexibility index (Phi) is 3.50. The Labute approximate surface area is 118 Å². The number of anilines is 1. The molecule has 104 valence electrons. The quantitative estimate of drug-likeness (QED) is 0.890. The smallest absolute Gasteiger partial charge is 0.318 e. The van der Waals surface area contributed by atoms with Crippen molar-refractivity contribution in [2.75, 3.05) is 19.0 Å². The van der Waals surface area contributed by atoms with E-state index in [1.807, 2.05) is 0 Å². The molecule has 6 heteroatoms. The van der Waals surface area contributed by atoms with Gasteiger partial charge in [-0.15, -0.1) is 0 Å². The molecule has 1 spiro atoms. The van der Waals surface area contributed by atoms with Crippen LogP contribution in [0.25, 0.3) is 0 Å². The second-order valence-corrected chi connectivity index (χ2v) is 5.86. The molecule has 1 aliphatic carbocycles. The number of nitrogens with one attached hydrogen (secondary N) is 2. The van der Waals surface area contributed by atoms with Gasteiger partial charge < -0.3 is 15.4 Å². The van der Waals surface area contributed by atoms with Crippen molar-refractivity contribution in [3.8, 4) is 6.01 Å². The zero-order chi connectivity index (χ0) is 13.3. The first kappa shape index (κ1) is 12.9. The first-order valence-corrected chi connectivity index (χ1v) is 7.17. The van der Waals surface area contributed by atoms with E-state index in [2.05, 4.69) is 20.6 Å². The van der Waals surface area contributed by atoms with Crippen molar-refractivity contribution in [1.82, 2.24) is 15.3 Å². The molecule has 0 radical (unpaired) electrons. The number of halogens is 1. The van der Waals surface area contributed by atoms with Gasteiger partial charge in [0.1, 0.15) is 5.02 Å². The second-order valence-electron chi connectivity index (χ2n) is 5.45. The van der Waals surface area contributed by atoms with Crippen molar-refractivity contribution in [3.63, 3.8) is 0 Å². The fourth-order valence-corrected chi connectivity index (χ4v) is 3.15. The average Bonchev–Trinajstić information content (AvgIpc) is 2.40. The zero-order valence-electron chi connectivity index (χ0n) is 11.1. The van der Waals surface area contributed by atoms with Crippen molar-refractivity contribution >= 4 is 17.4 Å². The number of rotatable bonds is 3. The van der Waals surface area contributed by atoms with Crippen molar-refractivity contribution in [2.24, 2.45) is 0 Å². The minimum Gasteiger partial charge on any atom is -0.467 e. The third-order valence-electron chi connectivity index (χ3n) is 4.19. The van der Waals surface area contributed by atoms with Gasteiger partial charge in [0.15, 0.2) is 5.82 Å². The van der Waals surface area contributed by atoms with Gasteiger partial charge in [0.25, 0.3) is 0 Å². The highest BCUT2D eigenvalue weighted by Gasteiger charge is 2.40. The topological polar surface area (TPSA) is 59.1 Å². The number of aromatic nitrogens is 2. The summed E-state index contributed by atoms with van der Waals surface area (Å²) in [5, 5.41) is 7.64. The van der Waals surface area contributed by atoms with E-state index in [1.165, 1.54) is 19.3 Å². The molecule has 0 amide bonds. The molecule has 0 bridgehead atoms. The second kappa shape index (κ2) is 5.13. The minimum absolute atomic E-state index is 0.346. The molecule has 1 unspecified atom stereocenters. The van der Waals surface area contributed by atoms with E-state index in [-0.39, 0.29) is 0 Å². The van der Waals surface area contributed by atoms with Crippen molar-refractivity contribution < 1.29 is 4.74 Å². The molecule has 2 N–H and O–H groups in total. The molecule has 19 heavy (non-hydrogen) atoms. The lowest BCUT2D eigenvalue weighted by Crippen LogP contribution is -2.58. The van der Waals surface area contributed by atoms with Gasteiger partial charge >= 0.3 is 6.01 Å². The summed E-state index contributed by atoms with van der Waals surface area (Å²) < 4.78 is 5.04. The summed E-state index contributed by atoms with van der Waals surface area (Å²) in [6.07, 6.45) is 7.70. The van der Waals surface area contributed by atoms with Crippen LogP contribution < -0.4 is 15.4 Å². The summed E-state index contributed by atoms with van der Waals surface area (Å²) in [6, 6.07) is 0.762. The van der Waals surface area contributed by atoms with E-state index < -0.39 is 0 Å². The van der Waals surface area contributed by atoms with E-state index >= 15 is 0 Å². The van der Waals surface area contributed by atoms with Crippen LogP contribution in [0.15, 0.2) is 6.20 Å². The van der Waals surface area contributed by atoms with E-state index in [1.54, 1.807) is 13.3 Å². The van der Waals surface area contributed by atoms with Gasteiger partial charge in [-0.2, -0.15) is 4.98 Å². The first-order chi connectivity index (χ1) is 9.21. The van der Waals surface area contributed by atoms with Gasteiger partial charge in [-0.25, -0.2) is 4.98 Å². The fraction of sp³-hybridized carbons (Fsp3) is 0.692. The number of ether oxygens (including phenoxy) is 1. The summed E-state index contributed by atoms with van der Waals surface area (Å²) >= 11 is 6.13. The highest BCUT2D eigenvalue weighted by atomic mass is 35.5. The van der Waals surface area contributed by atoms with Crippen LogP contribution in [0.3, 0.4) is 0 Å². The standard InChI is InChI=1S/C13H19ClN4O/c1-19-12-15-8-10(14)11(18-12)17-9-3-6-16-13(7-9)4-2-5-13/h8-9,16H,2-7H2,1H3,(H,15,17,18). The number of hydrogen-bond acceptors (Lipinski definition) is 5. The maximum Gasteiger partial charge on any atom is 0.318 e. The number of hydrogen-bond donors (Lipinski definition) is 2. The highest BCUT2D eigenvalue weighted by Crippen LogP contribution is 2.39. The van der Waals surface area contributed by atoms with Crippen molar-refractivity contribution in [1.29, 1.82) is 0 Å². The average molecular weight is 283 g/mol. The van der Waals surface area contributed by atoms with Crippen LogP contribution in [-0.4, -0.2) is 35.2 Å². The van der Waals surface area contributed by atoms with E-state index in [0.717, 1.165) is 19.4 Å². The maximum atomic E-state index is 6.13. The summed E-state index contributed by atoms with van der Waals surface area (Å²) in [4.78, 5) is 8.27. The van der Waals surface area contributed by atoms with Crippen LogP contribution in [0.2, 0.25) is 5.02 Å². The van der Waals surface area contributed by atoms with Gasteiger partial charge in [-0.05, 0) is 38.6 Å². The predicted octanol–water partition coefficient (Wildman–Crippen LogP) is 2.23. The lowest BCUT2D eigenvalue weighted by atomic mass is 9.70. The van der Waals surface area contributed by atoms with E-state index in [0.29, 0.717) is 28.4 Å². The van der Waals surface area contributed by atoms with Gasteiger partial charge in [0.05, 0.1) is 13.3 Å². The van der Waals surface area contributed by atoms with Gasteiger partial charge in [0, 0.05) is 11.6 Å². The monoisotopic (exact) mass is 282 g/mol. The molecule has 3 rings (SSSR count). The summed E-state index contributed by atoms with van der Waals surface area (Å²) in [5.41, 5.74) is 0.361. The largest absolute Gasteiger partial charge is 0.467 e. The molecule has 2 aliphatic rings. The molecule has 1 aliphatic heterocycles. The molecule has 2 fully saturated rings. The molecule has 5 nitrogen and oxygen atoms in total. The molecule has 1 atom stereocenters. The molecule has 1 aromatic rings. The number of piperidine rings is 1. The van der Waals surface area contributed by atoms with Crippen LogP contribution in [0, 0.1) is 0 Å². The summed E-state index contributed by atoms with van der Waals surface area (Å²) in [6.45, 7) is 1.05. The van der Waals surface area contributed by atoms with Gasteiger partial charge in [-0.3, -0.25) is 0 Å². The SMILES string of the molecule is COc1ncc(Cl)c(NC2CCNC3(CCC3)C2)n1. The van der Waals surface area contributed by atoms with Crippen LogP contribution in [-0.2, 0) is 0 Å². The normalized spacial score (nSPS) is 24.8. The number of nitrogens with zero attached hydrogens (tertiary/aromatic N) is 2. The predicted molar refractivity (Wildman–Crippen MR) is 74.8 cm³/mol. The Morgan fingerprint density at radius 1 is 1.53 bits per heavy atom. The molecule has 1 saturated heterocycles. The maximum absolute atomic E-state index is 6.13. The third kappa shape index (κ3) is 2.62. The summed E-state index contributed by atoms with van der Waals surface area (Å²) in [7, 11) is 1.56. The third-order valence-corrected chi connectivity index (χ3v) is 4.46. The first-order valence-electron chi connectivity index (χ1n) is 6.79. The molecule has 2 heterocycles. The van der Waals surface area contributed by atoms with Gasteiger partial charge in [-0.1, -0.05) is 11.6 Å². The fourth-order valence-electron chi connectivity index (χ4n) is 3.01. The molecular formula is C13H19ClN4O. The zero-order valence-corrected chi connectivity index (χ0v) is 11.8. The molecule has 0 aromatic carbocycles. The lowest BCUT2D eigenvalue weighted by molar-refractivity contribution is 0.135. The lowest BCUT2D eigenvalue weighted by Gasteiger charge is -2.48. The van der Waals surface area contributed by atoms with Crippen LogP contribution >= 0.6 is 11.6 Å². The van der Waals surface area contributed by atoms with Crippen LogP contribution in [0.1, 0.15) is 32.1 Å². The minimum atomic E-state index is 0.346. The Bertz CT molecular complexity index is 464. The molecule has 1 saturated carbocycles. The number of methoxy groups -OCH3 is 1. The Morgan fingerprint density at radius 2 is 2.37 bits per heavy atom. The van der Waals surface area contributed by atoms with E-state index in [9.17, 15) is 0 Å². The Hall–Kier alpha value is -1.07. The van der Waals surface area contributed by atoms with Crippen molar-refractivity contribution in [3.05, 3.63) is 11.2 Å². The summed E-state index contributed by atoms with van der Waals surface area (Å²) in [5.74, 6) is 0.676. The van der Waals surface area contributed by atoms with Gasteiger partial charge in [0.2, 0.25) is 0 Å².